The molecule has 0 aromatic rings. The van der Waals surface area contributed by atoms with Gasteiger partial charge in [-0.05, 0) is 6.42 Å². The Kier molecular flexibility index (Phi) is 6.63. The molecule has 0 aliphatic rings. The van der Waals surface area contributed by atoms with E-state index in [1.54, 1.807) is 0 Å². The normalized spacial score (nSPS) is 12.4. The summed E-state index contributed by atoms with van der Waals surface area (Å²) in [5, 5.41) is 17.0. The minimum atomic E-state index is -1.14. The van der Waals surface area contributed by atoms with Gasteiger partial charge >= 0.3 is 5.97 Å². The van der Waals surface area contributed by atoms with E-state index < -0.39 is 17.9 Å². The van der Waals surface area contributed by atoms with E-state index in [9.17, 15) is 9.59 Å². The number of aliphatic carboxylic acids is 1. The summed E-state index contributed by atoms with van der Waals surface area (Å²) >= 11 is 0. The number of carboxylic acids is 1. The molecule has 0 heterocycles. The minimum Gasteiger partial charge on any atom is -0.480 e. The number of nitrogens with two attached hydrogens (primary N) is 1. The number of amides is 1. The van der Waals surface area contributed by atoms with Crippen molar-refractivity contribution in [3.05, 3.63) is 0 Å². The van der Waals surface area contributed by atoms with Crippen molar-refractivity contribution < 1.29 is 24.6 Å². The lowest BCUT2D eigenvalue weighted by Crippen LogP contribution is -2.38. The fourth-order valence-corrected chi connectivity index (χ4v) is 0.725. The van der Waals surface area contributed by atoms with Crippen LogP contribution in [0.1, 0.15) is 12.8 Å². The van der Waals surface area contributed by atoms with Crippen LogP contribution in [0.4, 0.5) is 0 Å². The number of aliphatic hydroxyl groups excluding tert-OH is 1. The van der Waals surface area contributed by atoms with E-state index in [1.807, 2.05) is 0 Å². The van der Waals surface area contributed by atoms with Crippen molar-refractivity contribution in [2.45, 2.75) is 18.9 Å². The van der Waals surface area contributed by atoms with Gasteiger partial charge in [-0.2, -0.15) is 5.48 Å². The molecular formula is C7H14N2O5. The lowest BCUT2D eigenvalue weighted by Gasteiger charge is -2.12. The van der Waals surface area contributed by atoms with Crippen molar-refractivity contribution in [1.82, 2.24) is 5.48 Å². The maximum atomic E-state index is 10.5. The average Bonchev–Trinajstić information content (AvgIpc) is 2.10. The van der Waals surface area contributed by atoms with Crippen LogP contribution in [0.3, 0.4) is 0 Å². The Bertz CT molecular complexity index is 197. The topological polar surface area (TPSA) is 122 Å². The molecule has 14 heavy (non-hydrogen) atoms. The third-order valence-corrected chi connectivity index (χ3v) is 1.40. The fraction of sp³-hybridized carbons (Fsp3) is 0.714. The quantitative estimate of drug-likeness (QED) is 0.275. The third kappa shape index (κ3) is 6.35. The van der Waals surface area contributed by atoms with Crippen LogP contribution in [0.2, 0.25) is 0 Å². The Labute approximate surface area is 80.8 Å². The molecule has 0 fully saturated rings. The van der Waals surface area contributed by atoms with Gasteiger partial charge in [-0.3, -0.25) is 14.4 Å². The molecule has 0 aliphatic carbocycles. The zero-order valence-electron chi connectivity index (χ0n) is 7.60. The van der Waals surface area contributed by atoms with Crippen LogP contribution in [-0.2, 0) is 14.4 Å². The third-order valence-electron chi connectivity index (χ3n) is 1.40. The lowest BCUT2D eigenvalue weighted by molar-refractivity contribution is -0.144. The van der Waals surface area contributed by atoms with Crippen LogP contribution in [0.25, 0.3) is 0 Å². The van der Waals surface area contributed by atoms with Gasteiger partial charge < -0.3 is 15.9 Å². The van der Waals surface area contributed by atoms with Crippen LogP contribution in [0.15, 0.2) is 0 Å². The standard InChI is InChI=1S/C7H14N2O5/c8-6(11)2-1-5(7(12)13)9-14-4-3-10/h5,9-10H,1-4H2,(H2,8,11)(H,12,13)/t5-/m0/s1. The molecule has 5 N–H and O–H groups in total. The van der Waals surface area contributed by atoms with Crippen molar-refractivity contribution in [3.8, 4) is 0 Å². The molecule has 0 aromatic heterocycles. The maximum absolute atomic E-state index is 10.5. The second-order valence-electron chi connectivity index (χ2n) is 2.59. The van der Waals surface area contributed by atoms with Gasteiger partial charge in [0.15, 0.2) is 0 Å². The van der Waals surface area contributed by atoms with Gasteiger partial charge in [0.05, 0.1) is 13.2 Å². The molecule has 0 unspecified atom stereocenters. The summed E-state index contributed by atoms with van der Waals surface area (Å²) in [5.41, 5.74) is 7.06. The van der Waals surface area contributed by atoms with E-state index in [-0.39, 0.29) is 26.1 Å². The molecule has 0 radical (unpaired) electrons. The van der Waals surface area contributed by atoms with E-state index >= 15 is 0 Å². The van der Waals surface area contributed by atoms with Gasteiger partial charge in [0.25, 0.3) is 0 Å². The van der Waals surface area contributed by atoms with E-state index in [0.717, 1.165) is 0 Å². The molecule has 0 aliphatic heterocycles. The van der Waals surface area contributed by atoms with Crippen molar-refractivity contribution in [3.63, 3.8) is 0 Å². The van der Waals surface area contributed by atoms with Gasteiger partial charge in [-0.1, -0.05) is 0 Å². The first kappa shape index (κ1) is 12.8. The first-order chi connectivity index (χ1) is 6.57. The molecular weight excluding hydrogens is 192 g/mol. The summed E-state index contributed by atoms with van der Waals surface area (Å²) in [7, 11) is 0. The van der Waals surface area contributed by atoms with Crippen molar-refractivity contribution in [2.75, 3.05) is 13.2 Å². The van der Waals surface area contributed by atoms with E-state index in [1.165, 1.54) is 0 Å². The van der Waals surface area contributed by atoms with E-state index in [2.05, 4.69) is 10.3 Å². The monoisotopic (exact) mass is 206 g/mol. The summed E-state index contributed by atoms with van der Waals surface area (Å²) in [6.07, 6.45) is 0.0164. The Morgan fingerprint density at radius 2 is 2.14 bits per heavy atom. The van der Waals surface area contributed by atoms with Gasteiger partial charge in [-0.15, -0.1) is 0 Å². The molecule has 0 spiro atoms. The number of aliphatic hydroxyl groups is 1. The van der Waals surface area contributed by atoms with Crippen LogP contribution in [0.5, 0.6) is 0 Å². The molecule has 0 aromatic carbocycles. The van der Waals surface area contributed by atoms with Gasteiger partial charge in [-0.25, -0.2) is 0 Å². The molecule has 7 heteroatoms. The van der Waals surface area contributed by atoms with E-state index in [4.69, 9.17) is 15.9 Å². The lowest BCUT2D eigenvalue weighted by atomic mass is 10.1. The molecule has 0 saturated carbocycles. The van der Waals surface area contributed by atoms with Gasteiger partial charge in [0.2, 0.25) is 5.91 Å². The first-order valence-corrected chi connectivity index (χ1v) is 4.07. The fourth-order valence-electron chi connectivity index (χ4n) is 0.725. The Morgan fingerprint density at radius 1 is 1.50 bits per heavy atom. The zero-order valence-corrected chi connectivity index (χ0v) is 7.60. The molecule has 0 rings (SSSR count). The summed E-state index contributed by atoms with van der Waals surface area (Å²) in [5.74, 6) is -1.70. The number of hydrogen-bond donors (Lipinski definition) is 4. The maximum Gasteiger partial charge on any atom is 0.323 e. The van der Waals surface area contributed by atoms with E-state index in [0.29, 0.717) is 0 Å². The highest BCUT2D eigenvalue weighted by atomic mass is 16.7. The Morgan fingerprint density at radius 3 is 2.57 bits per heavy atom. The summed E-state index contributed by atoms with van der Waals surface area (Å²) in [6.45, 7) is -0.227. The zero-order chi connectivity index (χ0) is 11.0. The minimum absolute atomic E-state index is 0.0135. The van der Waals surface area contributed by atoms with Gasteiger partial charge in [0.1, 0.15) is 6.04 Å². The SMILES string of the molecule is NC(=O)CC[C@H](NOCCO)C(=O)O. The number of carbonyl (C=O) groups excluding carboxylic acids is 1. The molecule has 7 nitrogen and oxygen atoms in total. The predicted molar refractivity (Wildman–Crippen MR) is 46.0 cm³/mol. The number of carboxylic acid groups (broad SMARTS) is 1. The van der Waals surface area contributed by atoms with Crippen molar-refractivity contribution >= 4 is 11.9 Å². The van der Waals surface area contributed by atoms with Crippen LogP contribution in [0, 0.1) is 0 Å². The van der Waals surface area contributed by atoms with Crippen molar-refractivity contribution in [2.24, 2.45) is 5.73 Å². The Balaban J connectivity index is 3.78. The number of primary amides is 1. The highest BCUT2D eigenvalue weighted by Crippen LogP contribution is 1.97. The average molecular weight is 206 g/mol. The number of rotatable bonds is 8. The number of hydrogen-bond acceptors (Lipinski definition) is 5. The smallest absolute Gasteiger partial charge is 0.323 e. The summed E-state index contributed by atoms with van der Waals surface area (Å²) < 4.78 is 0. The number of nitrogens with one attached hydrogen (secondary N) is 1. The van der Waals surface area contributed by atoms with Crippen molar-refractivity contribution in [1.29, 1.82) is 0 Å². The highest BCUT2D eigenvalue weighted by Gasteiger charge is 2.17. The molecule has 82 valence electrons. The molecule has 1 atom stereocenters. The first-order valence-electron chi connectivity index (χ1n) is 4.07. The predicted octanol–water partition coefficient (Wildman–Crippen LogP) is -1.78. The van der Waals surface area contributed by atoms with Gasteiger partial charge in [0, 0.05) is 6.42 Å². The van der Waals surface area contributed by atoms with Crippen LogP contribution < -0.4 is 11.2 Å². The largest absolute Gasteiger partial charge is 0.480 e. The Hall–Kier alpha value is -1.18. The highest BCUT2D eigenvalue weighted by molar-refractivity contribution is 5.77. The number of carbonyl (C=O) groups is 2. The second-order valence-corrected chi connectivity index (χ2v) is 2.59. The number of hydroxylamine groups is 1. The van der Waals surface area contributed by atoms with Crippen LogP contribution in [-0.4, -0.2) is 41.3 Å². The molecule has 0 saturated heterocycles. The molecule has 1 amide bonds. The summed E-state index contributed by atoms with van der Waals surface area (Å²) in [4.78, 5) is 25.5. The molecule has 0 bridgehead atoms. The summed E-state index contributed by atoms with van der Waals surface area (Å²) in [6, 6.07) is -0.992. The van der Waals surface area contributed by atoms with Crippen LogP contribution >= 0.6 is 0 Å². The second kappa shape index (κ2) is 7.25.